The van der Waals surface area contributed by atoms with E-state index in [2.05, 4.69) is 0 Å². The highest BCUT2D eigenvalue weighted by atomic mass is 16.6. The summed E-state index contributed by atoms with van der Waals surface area (Å²) in [5, 5.41) is 21.3. The number of carbonyl (C=O) groups excluding carboxylic acids is 1. The van der Waals surface area contributed by atoms with Crippen molar-refractivity contribution in [1.82, 2.24) is 0 Å². The van der Waals surface area contributed by atoms with Crippen LogP contribution in [0.3, 0.4) is 0 Å². The Morgan fingerprint density at radius 2 is 1.74 bits per heavy atom. The normalized spacial score (nSPS) is 12.7. The maximum absolute atomic E-state index is 11.1. The summed E-state index contributed by atoms with van der Waals surface area (Å²) in [6, 6.07) is 5.47. The Morgan fingerprint density at radius 3 is 2.11 bits per heavy atom. The second-order valence-electron chi connectivity index (χ2n) is 4.86. The summed E-state index contributed by atoms with van der Waals surface area (Å²) in [6.45, 7) is 2.81. The molecule has 0 aliphatic heterocycles. The highest BCUT2D eigenvalue weighted by molar-refractivity contribution is 5.60. The van der Waals surface area contributed by atoms with Gasteiger partial charge in [-0.1, -0.05) is 26.0 Å². The monoisotopic (exact) mass is 266 g/mol. The molecule has 7 nitrogen and oxygen atoms in total. The van der Waals surface area contributed by atoms with E-state index in [-0.39, 0.29) is 5.69 Å². The maximum atomic E-state index is 11.1. The zero-order chi connectivity index (χ0) is 14.6. The molecule has 0 aromatic heterocycles. The van der Waals surface area contributed by atoms with Gasteiger partial charge in [-0.3, -0.25) is 20.2 Å². The molecule has 0 bridgehead atoms. The van der Waals surface area contributed by atoms with E-state index in [1.807, 2.05) is 0 Å². The summed E-state index contributed by atoms with van der Waals surface area (Å²) in [5.74, 6) is -0.624. The van der Waals surface area contributed by atoms with Gasteiger partial charge in [0.25, 0.3) is 5.69 Å². The van der Waals surface area contributed by atoms with Crippen LogP contribution >= 0.6 is 0 Å². The molecule has 0 fully saturated rings. The lowest BCUT2D eigenvalue weighted by atomic mass is 9.76. The van der Waals surface area contributed by atoms with Crippen molar-refractivity contribution in [2.24, 2.45) is 5.41 Å². The minimum absolute atomic E-state index is 0.0903. The van der Waals surface area contributed by atoms with Crippen molar-refractivity contribution in [3.63, 3.8) is 0 Å². The summed E-state index contributed by atoms with van der Waals surface area (Å²) in [6.07, 6.45) is 0.669. The van der Waals surface area contributed by atoms with Gasteiger partial charge in [0.05, 0.1) is 10.8 Å². The van der Waals surface area contributed by atoms with Crippen LogP contribution in [0.1, 0.15) is 25.3 Å². The predicted octanol–water partition coefficient (Wildman–Crippen LogP) is 2.18. The Hall–Kier alpha value is -2.31. The number of rotatable bonds is 6. The summed E-state index contributed by atoms with van der Waals surface area (Å²) >= 11 is 0. The lowest BCUT2D eigenvalue weighted by Gasteiger charge is -2.26. The van der Waals surface area contributed by atoms with E-state index in [0.717, 1.165) is 0 Å². The number of hydrogen-bond donors (Lipinski definition) is 0. The second-order valence-corrected chi connectivity index (χ2v) is 4.86. The molecule has 0 aliphatic rings. The van der Waals surface area contributed by atoms with Crippen molar-refractivity contribution in [2.45, 2.75) is 19.8 Å². The van der Waals surface area contributed by atoms with Crippen LogP contribution in [0.4, 0.5) is 5.69 Å². The molecule has 0 heterocycles. The van der Waals surface area contributed by atoms with Crippen LogP contribution in [0.25, 0.3) is 0 Å². The number of nitrogens with zero attached hydrogens (tertiary/aromatic N) is 2. The number of aldehydes is 1. The topological polar surface area (TPSA) is 103 Å². The van der Waals surface area contributed by atoms with E-state index >= 15 is 0 Å². The summed E-state index contributed by atoms with van der Waals surface area (Å²) in [7, 11) is 0. The fraction of sp³-hybridized carbons (Fsp3) is 0.417. The molecule has 19 heavy (non-hydrogen) atoms. The highest BCUT2D eigenvalue weighted by Gasteiger charge is 2.34. The van der Waals surface area contributed by atoms with E-state index in [1.165, 1.54) is 24.3 Å². The Bertz CT molecular complexity index is 495. The molecule has 1 atom stereocenters. The van der Waals surface area contributed by atoms with E-state index in [9.17, 15) is 25.0 Å². The Kier molecular flexibility index (Phi) is 4.31. The zero-order valence-corrected chi connectivity index (χ0v) is 10.6. The first-order valence-electron chi connectivity index (χ1n) is 5.60. The smallest absolute Gasteiger partial charge is 0.269 e. The third kappa shape index (κ3) is 3.57. The number of nitro benzene ring substituents is 1. The van der Waals surface area contributed by atoms with Gasteiger partial charge in [-0.25, -0.2) is 0 Å². The van der Waals surface area contributed by atoms with E-state index in [4.69, 9.17) is 0 Å². The third-order valence-corrected chi connectivity index (χ3v) is 3.04. The number of benzene rings is 1. The van der Waals surface area contributed by atoms with Gasteiger partial charge in [-0.15, -0.1) is 0 Å². The van der Waals surface area contributed by atoms with Crippen LogP contribution in [-0.2, 0) is 4.79 Å². The minimum Gasteiger partial charge on any atom is -0.303 e. The molecule has 0 aliphatic carbocycles. The molecule has 102 valence electrons. The van der Waals surface area contributed by atoms with Crippen molar-refractivity contribution >= 4 is 12.0 Å². The molecule has 1 rings (SSSR count). The molecule has 0 saturated carbocycles. The van der Waals surface area contributed by atoms with Crippen molar-refractivity contribution in [3.8, 4) is 0 Å². The molecule has 0 radical (unpaired) electrons. The largest absolute Gasteiger partial charge is 0.303 e. The SMILES string of the molecule is CC(C)(C=O)C(C[N+](=O)[O-])c1ccc([N+](=O)[O-])cc1. The standard InChI is InChI=1S/C12H14N2O5/c1-12(2,8-15)11(7-13(16)17)9-3-5-10(6-4-9)14(18)19/h3-6,8,11H,7H2,1-2H3. The lowest BCUT2D eigenvalue weighted by Crippen LogP contribution is -2.29. The number of hydrogen-bond acceptors (Lipinski definition) is 5. The Balaban J connectivity index is 3.14. The molecule has 1 unspecified atom stereocenters. The van der Waals surface area contributed by atoms with Crippen LogP contribution in [-0.4, -0.2) is 22.7 Å². The first kappa shape index (κ1) is 14.7. The van der Waals surface area contributed by atoms with E-state index in [1.54, 1.807) is 13.8 Å². The highest BCUT2D eigenvalue weighted by Crippen LogP contribution is 2.34. The second kappa shape index (κ2) is 5.55. The van der Waals surface area contributed by atoms with Gasteiger partial charge >= 0.3 is 0 Å². The average Bonchev–Trinajstić information content (AvgIpc) is 2.35. The van der Waals surface area contributed by atoms with Crippen LogP contribution in [0.15, 0.2) is 24.3 Å². The zero-order valence-electron chi connectivity index (χ0n) is 10.6. The van der Waals surface area contributed by atoms with Gasteiger partial charge in [-0.05, 0) is 5.56 Å². The first-order chi connectivity index (χ1) is 8.77. The fourth-order valence-corrected chi connectivity index (χ4v) is 1.83. The third-order valence-electron chi connectivity index (χ3n) is 3.04. The summed E-state index contributed by atoms with van der Waals surface area (Å²) < 4.78 is 0. The molecule has 7 heteroatoms. The molecule has 0 amide bonds. The van der Waals surface area contributed by atoms with Crippen LogP contribution in [0.2, 0.25) is 0 Å². The van der Waals surface area contributed by atoms with E-state index < -0.39 is 27.7 Å². The molecule has 1 aromatic carbocycles. The molecule has 0 N–H and O–H groups in total. The average molecular weight is 266 g/mol. The van der Waals surface area contributed by atoms with Gasteiger partial charge in [0.2, 0.25) is 6.54 Å². The minimum atomic E-state index is -0.913. The van der Waals surface area contributed by atoms with Crippen molar-refractivity contribution in [3.05, 3.63) is 50.1 Å². The number of nitro groups is 2. The van der Waals surface area contributed by atoms with Crippen molar-refractivity contribution in [2.75, 3.05) is 6.54 Å². The predicted molar refractivity (Wildman–Crippen MR) is 67.5 cm³/mol. The molecule has 0 spiro atoms. The van der Waals surface area contributed by atoms with E-state index in [0.29, 0.717) is 11.8 Å². The van der Waals surface area contributed by atoms with Gasteiger partial charge in [0, 0.05) is 22.5 Å². The van der Waals surface area contributed by atoms with Crippen molar-refractivity contribution in [1.29, 1.82) is 0 Å². The van der Waals surface area contributed by atoms with Gasteiger partial charge in [0.1, 0.15) is 6.29 Å². The first-order valence-corrected chi connectivity index (χ1v) is 5.60. The number of carbonyl (C=O) groups is 1. The lowest BCUT2D eigenvalue weighted by molar-refractivity contribution is -0.485. The number of non-ortho nitro benzene ring substituents is 1. The van der Waals surface area contributed by atoms with Gasteiger partial charge < -0.3 is 4.79 Å². The molecular formula is C12H14N2O5. The van der Waals surface area contributed by atoms with Gasteiger partial charge in [0.15, 0.2) is 0 Å². The summed E-state index contributed by atoms with van der Waals surface area (Å²) in [5.41, 5.74) is -0.463. The van der Waals surface area contributed by atoms with Crippen LogP contribution in [0, 0.1) is 25.6 Å². The quantitative estimate of drug-likeness (QED) is 0.446. The van der Waals surface area contributed by atoms with Crippen LogP contribution < -0.4 is 0 Å². The van der Waals surface area contributed by atoms with Crippen molar-refractivity contribution < 1.29 is 14.6 Å². The molecule has 0 saturated heterocycles. The summed E-state index contributed by atoms with van der Waals surface area (Å²) in [4.78, 5) is 31.3. The molecule has 1 aromatic rings. The maximum Gasteiger partial charge on any atom is 0.269 e. The Labute approximate surface area is 109 Å². The van der Waals surface area contributed by atoms with Crippen LogP contribution in [0.5, 0.6) is 0 Å². The van der Waals surface area contributed by atoms with Gasteiger partial charge in [-0.2, -0.15) is 0 Å². The Morgan fingerprint density at radius 1 is 1.21 bits per heavy atom. The molecular weight excluding hydrogens is 252 g/mol. The fourth-order valence-electron chi connectivity index (χ4n) is 1.83.